The van der Waals surface area contributed by atoms with Gasteiger partial charge in [0.1, 0.15) is 0 Å². The highest BCUT2D eigenvalue weighted by Gasteiger charge is 2.38. The van der Waals surface area contributed by atoms with Crippen LogP contribution >= 0.6 is 11.8 Å². The number of ether oxygens (including phenoxy) is 2. The van der Waals surface area contributed by atoms with E-state index in [0.29, 0.717) is 13.1 Å². The van der Waals surface area contributed by atoms with Gasteiger partial charge in [0.2, 0.25) is 0 Å². The van der Waals surface area contributed by atoms with Crippen molar-refractivity contribution in [2.45, 2.75) is 50.4 Å². The van der Waals surface area contributed by atoms with Gasteiger partial charge >= 0.3 is 6.03 Å². The molecule has 1 saturated heterocycles. The third-order valence-electron chi connectivity index (χ3n) is 6.32. The van der Waals surface area contributed by atoms with Crippen molar-refractivity contribution >= 4 is 17.8 Å². The lowest BCUT2D eigenvalue weighted by Gasteiger charge is -2.41. The van der Waals surface area contributed by atoms with Crippen molar-refractivity contribution in [2.24, 2.45) is 5.92 Å². The molecule has 1 fully saturated rings. The molecule has 4 atom stereocenters. The van der Waals surface area contributed by atoms with Crippen molar-refractivity contribution < 1.29 is 19.4 Å². The van der Waals surface area contributed by atoms with Gasteiger partial charge in [-0.15, -0.1) is 11.8 Å². The van der Waals surface area contributed by atoms with Gasteiger partial charge < -0.3 is 25.2 Å². The molecule has 36 heavy (non-hydrogen) atoms. The minimum absolute atomic E-state index is 0.0180. The maximum atomic E-state index is 11.7. The van der Waals surface area contributed by atoms with Gasteiger partial charge in [0, 0.05) is 35.2 Å². The fourth-order valence-electron chi connectivity index (χ4n) is 4.20. The van der Waals surface area contributed by atoms with Crippen LogP contribution in [-0.2, 0) is 22.6 Å². The normalized spacial score (nSPS) is 21.6. The SMILES string of the molecule is CCNC(=O)NCc1ccc([C@H]2O[C@@H](CSc3ccccc3)[C@@H](C)[C@@H](c3ccc(CO)cc3)O2)cc1. The summed E-state index contributed by atoms with van der Waals surface area (Å²) in [5, 5.41) is 15.0. The van der Waals surface area contributed by atoms with E-state index in [1.54, 1.807) is 11.8 Å². The van der Waals surface area contributed by atoms with Crippen LogP contribution in [-0.4, -0.2) is 29.5 Å². The molecule has 0 aliphatic carbocycles. The quantitative estimate of drug-likeness (QED) is 0.330. The zero-order valence-corrected chi connectivity index (χ0v) is 21.5. The summed E-state index contributed by atoms with van der Waals surface area (Å²) in [7, 11) is 0. The Bertz CT molecular complexity index is 1090. The van der Waals surface area contributed by atoms with Crippen molar-refractivity contribution in [3.63, 3.8) is 0 Å². The molecule has 1 aliphatic heterocycles. The third-order valence-corrected chi connectivity index (χ3v) is 7.42. The average Bonchev–Trinajstić information content (AvgIpc) is 2.92. The Balaban J connectivity index is 1.50. The monoisotopic (exact) mass is 506 g/mol. The summed E-state index contributed by atoms with van der Waals surface area (Å²) in [6, 6.07) is 26.1. The average molecular weight is 507 g/mol. The Kier molecular flexibility index (Phi) is 9.41. The largest absolute Gasteiger partial charge is 0.392 e. The van der Waals surface area contributed by atoms with E-state index in [2.05, 4.69) is 29.7 Å². The number of aliphatic hydroxyl groups excluding tert-OH is 1. The lowest BCUT2D eigenvalue weighted by Crippen LogP contribution is -2.38. The van der Waals surface area contributed by atoms with Gasteiger partial charge in [0.25, 0.3) is 0 Å². The van der Waals surface area contributed by atoms with Crippen LogP contribution in [0.15, 0.2) is 83.8 Å². The van der Waals surface area contributed by atoms with E-state index < -0.39 is 6.29 Å². The number of hydrogen-bond donors (Lipinski definition) is 3. The molecule has 1 heterocycles. The first-order valence-corrected chi connectivity index (χ1v) is 13.3. The van der Waals surface area contributed by atoms with E-state index in [1.807, 2.05) is 73.7 Å². The van der Waals surface area contributed by atoms with E-state index in [1.165, 1.54) is 4.90 Å². The van der Waals surface area contributed by atoms with Gasteiger partial charge in [-0.3, -0.25) is 0 Å². The molecule has 0 aromatic heterocycles. The van der Waals surface area contributed by atoms with Crippen molar-refractivity contribution in [3.05, 3.63) is 101 Å². The topological polar surface area (TPSA) is 79.8 Å². The second-order valence-electron chi connectivity index (χ2n) is 8.90. The van der Waals surface area contributed by atoms with Gasteiger partial charge in [-0.1, -0.05) is 73.7 Å². The summed E-state index contributed by atoms with van der Waals surface area (Å²) in [4.78, 5) is 12.9. The minimum Gasteiger partial charge on any atom is -0.392 e. The molecule has 4 rings (SSSR count). The number of nitrogens with one attached hydrogen (secondary N) is 2. The van der Waals surface area contributed by atoms with E-state index in [0.717, 1.165) is 28.0 Å². The molecule has 190 valence electrons. The highest BCUT2D eigenvalue weighted by atomic mass is 32.2. The molecule has 0 unspecified atom stereocenters. The van der Waals surface area contributed by atoms with Crippen molar-refractivity contribution in [1.29, 1.82) is 0 Å². The molecular weight excluding hydrogens is 472 g/mol. The molecule has 0 saturated carbocycles. The molecule has 2 amide bonds. The molecule has 0 bridgehead atoms. The van der Waals surface area contributed by atoms with Crippen molar-refractivity contribution in [2.75, 3.05) is 12.3 Å². The lowest BCUT2D eigenvalue weighted by molar-refractivity contribution is -0.268. The maximum absolute atomic E-state index is 11.7. The number of carbonyl (C=O) groups is 1. The van der Waals surface area contributed by atoms with E-state index >= 15 is 0 Å². The van der Waals surface area contributed by atoms with Crippen LogP contribution in [0, 0.1) is 5.92 Å². The number of thioether (sulfide) groups is 1. The molecule has 3 aromatic rings. The Hall–Kier alpha value is -2.84. The van der Waals surface area contributed by atoms with Crippen LogP contribution < -0.4 is 10.6 Å². The highest BCUT2D eigenvalue weighted by Crippen LogP contribution is 2.43. The Labute approximate surface area is 217 Å². The standard InChI is InChI=1S/C29H34N2O4S/c1-3-30-29(33)31-17-21-9-15-24(16-10-21)28-34-26(19-36-25-7-5-4-6-8-25)20(2)27(35-28)23-13-11-22(18-32)12-14-23/h4-16,20,26-28,32H,3,17-19H2,1-2H3,(H2,30,31,33)/t20-,26+,27+,28+/m1/s1. The summed E-state index contributed by atoms with van der Waals surface area (Å²) in [6.07, 6.45) is -0.664. The summed E-state index contributed by atoms with van der Waals surface area (Å²) in [5.74, 6) is 0.947. The molecule has 6 nitrogen and oxygen atoms in total. The summed E-state index contributed by atoms with van der Waals surface area (Å²) >= 11 is 1.79. The molecule has 0 radical (unpaired) electrons. The number of hydrogen-bond acceptors (Lipinski definition) is 5. The predicted octanol–water partition coefficient (Wildman–Crippen LogP) is 5.58. The van der Waals surface area contributed by atoms with Gasteiger partial charge in [-0.2, -0.15) is 0 Å². The van der Waals surface area contributed by atoms with E-state index in [4.69, 9.17) is 9.47 Å². The number of carbonyl (C=O) groups excluding carboxylic acids is 1. The van der Waals surface area contributed by atoms with Crippen molar-refractivity contribution in [1.82, 2.24) is 10.6 Å². The Morgan fingerprint density at radius 2 is 1.56 bits per heavy atom. The van der Waals surface area contributed by atoms with Gasteiger partial charge in [0.05, 0.1) is 18.8 Å². The van der Waals surface area contributed by atoms with Crippen LogP contribution in [0.2, 0.25) is 0 Å². The van der Waals surface area contributed by atoms with E-state index in [-0.39, 0.29) is 30.8 Å². The predicted molar refractivity (Wildman–Crippen MR) is 142 cm³/mol. The summed E-state index contributed by atoms with van der Waals surface area (Å²) < 4.78 is 13.0. The van der Waals surface area contributed by atoms with Crippen LogP contribution in [0.25, 0.3) is 0 Å². The zero-order chi connectivity index (χ0) is 25.3. The Morgan fingerprint density at radius 1 is 0.889 bits per heavy atom. The zero-order valence-electron chi connectivity index (χ0n) is 20.7. The van der Waals surface area contributed by atoms with Crippen LogP contribution in [0.1, 0.15) is 48.5 Å². The highest BCUT2D eigenvalue weighted by molar-refractivity contribution is 7.99. The maximum Gasteiger partial charge on any atom is 0.315 e. The fourth-order valence-corrected chi connectivity index (χ4v) is 5.29. The molecule has 1 aliphatic rings. The number of aliphatic hydroxyl groups is 1. The second-order valence-corrected chi connectivity index (χ2v) is 9.99. The molecule has 3 N–H and O–H groups in total. The van der Waals surface area contributed by atoms with Crippen LogP contribution in [0.4, 0.5) is 4.79 Å². The van der Waals surface area contributed by atoms with Gasteiger partial charge in [0.15, 0.2) is 6.29 Å². The first kappa shape index (κ1) is 26.2. The Morgan fingerprint density at radius 3 is 2.22 bits per heavy atom. The smallest absolute Gasteiger partial charge is 0.315 e. The van der Waals surface area contributed by atoms with Gasteiger partial charge in [-0.25, -0.2) is 4.79 Å². The molecule has 0 spiro atoms. The van der Waals surface area contributed by atoms with Crippen molar-refractivity contribution in [3.8, 4) is 0 Å². The first-order chi connectivity index (χ1) is 17.6. The molecule has 3 aromatic carbocycles. The third kappa shape index (κ3) is 6.89. The summed E-state index contributed by atoms with van der Waals surface area (Å²) in [6.45, 7) is 5.12. The lowest BCUT2D eigenvalue weighted by atomic mass is 9.91. The number of urea groups is 1. The molecule has 7 heteroatoms. The summed E-state index contributed by atoms with van der Waals surface area (Å²) in [5.41, 5.74) is 3.89. The number of benzene rings is 3. The molecular formula is C29H34N2O4S. The second kappa shape index (κ2) is 12.9. The van der Waals surface area contributed by atoms with Crippen LogP contribution in [0.3, 0.4) is 0 Å². The number of amides is 2. The fraction of sp³-hybridized carbons (Fsp3) is 0.345. The van der Waals surface area contributed by atoms with Crippen LogP contribution in [0.5, 0.6) is 0 Å². The van der Waals surface area contributed by atoms with Gasteiger partial charge in [-0.05, 0) is 35.7 Å². The minimum atomic E-state index is -0.504. The first-order valence-electron chi connectivity index (χ1n) is 12.4. The number of rotatable bonds is 9. The van der Waals surface area contributed by atoms with E-state index in [9.17, 15) is 9.90 Å².